The average molecular weight is 296 g/mol. The van der Waals surface area contributed by atoms with Crippen LogP contribution in [0.1, 0.15) is 11.7 Å². The van der Waals surface area contributed by atoms with Crippen molar-refractivity contribution in [1.29, 1.82) is 0 Å². The Morgan fingerprint density at radius 3 is 2.32 bits per heavy atom. The highest BCUT2D eigenvalue weighted by Crippen LogP contribution is 2.35. The lowest BCUT2D eigenvalue weighted by Crippen LogP contribution is -2.34. The molecule has 1 heterocycles. The van der Waals surface area contributed by atoms with Gasteiger partial charge in [0, 0.05) is 16.5 Å². The summed E-state index contributed by atoms with van der Waals surface area (Å²) in [5, 5.41) is 21.0. The zero-order chi connectivity index (χ0) is 15.7. The van der Waals surface area contributed by atoms with Gasteiger partial charge >= 0.3 is 0 Å². The SMILES string of the molecule is NC(=O)C(O)C(O)c1c(-c2ccccc2)[nH]c2ccccc12. The molecule has 1 aromatic heterocycles. The quantitative estimate of drug-likeness (QED) is 0.590. The highest BCUT2D eigenvalue weighted by atomic mass is 16.3. The van der Waals surface area contributed by atoms with Crippen LogP contribution >= 0.6 is 0 Å². The number of nitrogens with two attached hydrogens (primary N) is 1. The molecule has 5 nitrogen and oxygen atoms in total. The minimum atomic E-state index is -1.67. The van der Waals surface area contributed by atoms with Gasteiger partial charge in [-0.05, 0) is 11.6 Å². The molecule has 0 aliphatic carbocycles. The second kappa shape index (κ2) is 5.63. The molecule has 2 atom stereocenters. The number of carbonyl (C=O) groups excluding carboxylic acids is 1. The fourth-order valence-electron chi connectivity index (χ4n) is 2.62. The lowest BCUT2D eigenvalue weighted by molar-refractivity contribution is -0.131. The van der Waals surface area contributed by atoms with Crippen molar-refractivity contribution in [3.63, 3.8) is 0 Å². The Balaban J connectivity index is 2.24. The monoisotopic (exact) mass is 296 g/mol. The smallest absolute Gasteiger partial charge is 0.249 e. The number of rotatable bonds is 4. The normalized spacial score (nSPS) is 13.9. The number of amides is 1. The van der Waals surface area contributed by atoms with Crippen molar-refractivity contribution < 1.29 is 15.0 Å². The number of H-pyrrole nitrogens is 1. The number of primary amides is 1. The summed E-state index contributed by atoms with van der Waals surface area (Å²) >= 11 is 0. The summed E-state index contributed by atoms with van der Waals surface area (Å²) in [6.07, 6.45) is -3.06. The Morgan fingerprint density at radius 1 is 1.00 bits per heavy atom. The van der Waals surface area contributed by atoms with E-state index < -0.39 is 18.1 Å². The molecule has 0 fully saturated rings. The number of aliphatic hydroxyl groups excluding tert-OH is 2. The molecule has 22 heavy (non-hydrogen) atoms. The summed E-state index contributed by atoms with van der Waals surface area (Å²) in [6, 6.07) is 16.8. The van der Waals surface area contributed by atoms with Gasteiger partial charge in [0.15, 0.2) is 6.10 Å². The van der Waals surface area contributed by atoms with E-state index in [2.05, 4.69) is 4.98 Å². The van der Waals surface area contributed by atoms with E-state index >= 15 is 0 Å². The van der Waals surface area contributed by atoms with Gasteiger partial charge in [-0.2, -0.15) is 0 Å². The molecule has 0 aliphatic rings. The Bertz CT molecular complexity index is 811. The number of aromatic amines is 1. The van der Waals surface area contributed by atoms with Gasteiger partial charge in [-0.1, -0.05) is 48.5 Å². The minimum Gasteiger partial charge on any atom is -0.385 e. The van der Waals surface area contributed by atoms with Gasteiger partial charge < -0.3 is 20.9 Å². The first-order chi connectivity index (χ1) is 10.6. The molecule has 0 spiro atoms. The third kappa shape index (κ3) is 2.36. The van der Waals surface area contributed by atoms with Crippen molar-refractivity contribution in [2.24, 2.45) is 5.73 Å². The van der Waals surface area contributed by atoms with Crippen LogP contribution in [-0.4, -0.2) is 27.2 Å². The number of aromatic nitrogens is 1. The van der Waals surface area contributed by atoms with Gasteiger partial charge in [0.1, 0.15) is 6.10 Å². The predicted octanol–water partition coefficient (Wildman–Crippen LogP) is 1.71. The maximum Gasteiger partial charge on any atom is 0.249 e. The van der Waals surface area contributed by atoms with E-state index in [1.54, 1.807) is 0 Å². The lowest BCUT2D eigenvalue weighted by atomic mass is 9.97. The second-order valence-corrected chi connectivity index (χ2v) is 5.12. The fourth-order valence-corrected chi connectivity index (χ4v) is 2.62. The molecule has 0 radical (unpaired) electrons. The Hall–Kier alpha value is -2.63. The van der Waals surface area contributed by atoms with Crippen LogP contribution in [0.25, 0.3) is 22.2 Å². The summed E-state index contributed by atoms with van der Waals surface area (Å²) in [5.74, 6) is -0.961. The number of aliphatic hydroxyl groups is 2. The van der Waals surface area contributed by atoms with E-state index in [4.69, 9.17) is 5.73 Å². The van der Waals surface area contributed by atoms with Gasteiger partial charge in [0.05, 0.1) is 5.69 Å². The number of nitrogens with one attached hydrogen (secondary N) is 1. The fraction of sp³-hybridized carbons (Fsp3) is 0.118. The van der Waals surface area contributed by atoms with Gasteiger partial charge in [0.25, 0.3) is 0 Å². The van der Waals surface area contributed by atoms with Crippen LogP contribution in [0.2, 0.25) is 0 Å². The number of para-hydroxylation sites is 1. The summed E-state index contributed by atoms with van der Waals surface area (Å²) in [6.45, 7) is 0. The van der Waals surface area contributed by atoms with Gasteiger partial charge in [0.2, 0.25) is 5.91 Å². The summed E-state index contributed by atoms with van der Waals surface area (Å²) < 4.78 is 0. The minimum absolute atomic E-state index is 0.466. The van der Waals surface area contributed by atoms with E-state index in [-0.39, 0.29) is 0 Å². The van der Waals surface area contributed by atoms with Gasteiger partial charge in [-0.15, -0.1) is 0 Å². The largest absolute Gasteiger partial charge is 0.385 e. The Kier molecular flexibility index (Phi) is 3.66. The highest BCUT2D eigenvalue weighted by Gasteiger charge is 2.29. The maximum absolute atomic E-state index is 11.2. The number of carbonyl (C=O) groups is 1. The van der Waals surface area contributed by atoms with E-state index in [9.17, 15) is 15.0 Å². The van der Waals surface area contributed by atoms with E-state index in [1.165, 1.54) is 0 Å². The van der Waals surface area contributed by atoms with Crippen LogP contribution < -0.4 is 5.73 Å². The van der Waals surface area contributed by atoms with Crippen molar-refractivity contribution in [1.82, 2.24) is 4.98 Å². The molecular formula is C17H16N2O3. The summed E-state index contributed by atoms with van der Waals surface area (Å²) in [4.78, 5) is 14.5. The number of fused-ring (bicyclic) bond motifs is 1. The summed E-state index contributed by atoms with van der Waals surface area (Å²) in [7, 11) is 0. The van der Waals surface area contributed by atoms with Crippen molar-refractivity contribution in [3.05, 3.63) is 60.2 Å². The van der Waals surface area contributed by atoms with Crippen molar-refractivity contribution in [3.8, 4) is 11.3 Å². The molecule has 0 saturated carbocycles. The number of benzene rings is 2. The first kappa shape index (κ1) is 14.3. The molecule has 2 aromatic carbocycles. The molecule has 3 aromatic rings. The number of hydrogen-bond acceptors (Lipinski definition) is 3. The van der Waals surface area contributed by atoms with Gasteiger partial charge in [-0.3, -0.25) is 4.79 Å². The van der Waals surface area contributed by atoms with Crippen LogP contribution in [0, 0.1) is 0 Å². The molecule has 2 unspecified atom stereocenters. The molecule has 0 aliphatic heterocycles. The van der Waals surface area contributed by atoms with E-state index in [0.29, 0.717) is 11.3 Å². The second-order valence-electron chi connectivity index (χ2n) is 5.12. The molecule has 112 valence electrons. The third-order valence-electron chi connectivity index (χ3n) is 3.70. The molecule has 5 heteroatoms. The molecule has 3 rings (SSSR count). The molecule has 1 amide bonds. The van der Waals surface area contributed by atoms with Crippen molar-refractivity contribution in [2.45, 2.75) is 12.2 Å². The van der Waals surface area contributed by atoms with Gasteiger partial charge in [-0.25, -0.2) is 0 Å². The van der Waals surface area contributed by atoms with Crippen molar-refractivity contribution in [2.75, 3.05) is 0 Å². The van der Waals surface area contributed by atoms with Crippen LogP contribution in [0.5, 0.6) is 0 Å². The van der Waals surface area contributed by atoms with Crippen molar-refractivity contribution >= 4 is 16.8 Å². The zero-order valence-corrected chi connectivity index (χ0v) is 11.7. The summed E-state index contributed by atoms with van der Waals surface area (Å²) in [5.41, 5.74) is 7.91. The lowest BCUT2D eigenvalue weighted by Gasteiger charge is -2.16. The van der Waals surface area contributed by atoms with Crippen LogP contribution in [-0.2, 0) is 4.79 Å². The first-order valence-corrected chi connectivity index (χ1v) is 6.91. The maximum atomic E-state index is 11.2. The Morgan fingerprint density at radius 2 is 1.64 bits per heavy atom. The standard InChI is InChI=1S/C17H16N2O3/c18-17(22)16(21)15(20)13-11-8-4-5-9-12(11)19-14(13)10-6-2-1-3-7-10/h1-9,15-16,19-21H,(H2,18,22). The van der Waals surface area contributed by atoms with Crippen LogP contribution in [0.15, 0.2) is 54.6 Å². The number of hydrogen-bond donors (Lipinski definition) is 4. The molecule has 5 N–H and O–H groups in total. The van der Waals surface area contributed by atoms with E-state index in [0.717, 1.165) is 16.5 Å². The average Bonchev–Trinajstić information content (AvgIpc) is 2.93. The van der Waals surface area contributed by atoms with Crippen LogP contribution in [0.3, 0.4) is 0 Å². The topological polar surface area (TPSA) is 99.3 Å². The first-order valence-electron chi connectivity index (χ1n) is 6.91. The Labute approximate surface area is 127 Å². The van der Waals surface area contributed by atoms with Crippen LogP contribution in [0.4, 0.5) is 0 Å². The molecule has 0 bridgehead atoms. The third-order valence-corrected chi connectivity index (χ3v) is 3.70. The van der Waals surface area contributed by atoms with E-state index in [1.807, 2.05) is 54.6 Å². The highest BCUT2D eigenvalue weighted by molar-refractivity contribution is 5.92. The molecular weight excluding hydrogens is 280 g/mol. The zero-order valence-electron chi connectivity index (χ0n) is 11.7. The molecule has 0 saturated heterocycles. The predicted molar refractivity (Wildman–Crippen MR) is 83.9 cm³/mol.